The third-order valence-corrected chi connectivity index (χ3v) is 2.59. The van der Waals surface area contributed by atoms with Gasteiger partial charge in [0.2, 0.25) is 0 Å². The fraction of sp³-hybridized carbons (Fsp3) is 0.250. The third-order valence-electron chi connectivity index (χ3n) is 1.73. The zero-order valence-electron chi connectivity index (χ0n) is 7.51. The Balaban J connectivity index is 2.97. The number of urea groups is 1. The van der Waals surface area contributed by atoms with Crippen molar-refractivity contribution in [3.05, 3.63) is 17.5 Å². The minimum absolute atomic E-state index is 0.535. The maximum atomic E-state index is 11.0. The Morgan fingerprint density at radius 2 is 2.29 bits per heavy atom. The summed E-state index contributed by atoms with van der Waals surface area (Å²) in [6, 6.07) is 1.66. The summed E-state index contributed by atoms with van der Waals surface area (Å²) in [4.78, 5) is 22.8. The van der Waals surface area contributed by atoms with Gasteiger partial charge in [-0.2, -0.15) is 0 Å². The van der Waals surface area contributed by atoms with Crippen molar-refractivity contribution in [2.75, 3.05) is 4.90 Å². The highest BCUT2D eigenvalue weighted by atomic mass is 32.1. The molecular weight excluding hydrogens is 204 g/mol. The van der Waals surface area contributed by atoms with Gasteiger partial charge in [-0.25, -0.2) is 9.59 Å². The van der Waals surface area contributed by atoms with Gasteiger partial charge in [-0.3, -0.25) is 4.90 Å². The maximum Gasteiger partial charge on any atom is 0.326 e. The van der Waals surface area contributed by atoms with Crippen LogP contribution in [0.5, 0.6) is 0 Å². The molecule has 76 valence electrons. The number of amides is 2. The summed E-state index contributed by atoms with van der Waals surface area (Å²) < 4.78 is 0. The lowest BCUT2D eigenvalue weighted by atomic mass is 10.3. The van der Waals surface area contributed by atoms with Crippen LogP contribution in [0.2, 0.25) is 0 Å². The quantitative estimate of drug-likeness (QED) is 0.790. The summed E-state index contributed by atoms with van der Waals surface area (Å²) in [5.41, 5.74) is 5.10. The SMILES string of the molecule is C[C@@H](C(=O)O)N(C(N)=O)c1cccs1. The Hall–Kier alpha value is -1.56. The Labute approximate surface area is 84.7 Å². The minimum Gasteiger partial charge on any atom is -0.480 e. The molecule has 2 amide bonds. The summed E-state index contributed by atoms with van der Waals surface area (Å²) in [5.74, 6) is -1.09. The van der Waals surface area contributed by atoms with Gasteiger partial charge in [0.15, 0.2) is 0 Å². The van der Waals surface area contributed by atoms with Gasteiger partial charge in [0.1, 0.15) is 6.04 Å². The molecule has 3 N–H and O–H groups in total. The number of aliphatic carboxylic acids is 1. The van der Waals surface area contributed by atoms with E-state index in [1.807, 2.05) is 0 Å². The van der Waals surface area contributed by atoms with Crippen LogP contribution in [0.4, 0.5) is 9.80 Å². The van der Waals surface area contributed by atoms with Crippen molar-refractivity contribution in [2.24, 2.45) is 5.73 Å². The molecule has 1 heterocycles. The summed E-state index contributed by atoms with van der Waals surface area (Å²) >= 11 is 1.27. The number of primary amides is 1. The van der Waals surface area contributed by atoms with Crippen LogP contribution in [0.15, 0.2) is 17.5 Å². The van der Waals surface area contributed by atoms with Crippen LogP contribution in [-0.4, -0.2) is 23.1 Å². The number of thiophene rings is 1. The van der Waals surface area contributed by atoms with Crippen molar-refractivity contribution in [3.63, 3.8) is 0 Å². The van der Waals surface area contributed by atoms with Gasteiger partial charge < -0.3 is 10.8 Å². The predicted octanol–water partition coefficient (Wildman–Crippen LogP) is 1.11. The highest BCUT2D eigenvalue weighted by molar-refractivity contribution is 7.14. The molecule has 5 nitrogen and oxygen atoms in total. The highest BCUT2D eigenvalue weighted by Crippen LogP contribution is 2.23. The number of carboxylic acid groups (broad SMARTS) is 1. The summed E-state index contributed by atoms with van der Waals surface area (Å²) in [7, 11) is 0. The second-order valence-corrected chi connectivity index (χ2v) is 3.60. The molecule has 0 aliphatic heterocycles. The Morgan fingerprint density at radius 1 is 1.64 bits per heavy atom. The summed E-state index contributed by atoms with van der Waals surface area (Å²) in [6.45, 7) is 1.41. The van der Waals surface area contributed by atoms with Gasteiger partial charge in [0, 0.05) is 0 Å². The van der Waals surface area contributed by atoms with E-state index < -0.39 is 18.0 Å². The summed E-state index contributed by atoms with van der Waals surface area (Å²) in [5, 5.41) is 11.0. The molecule has 1 atom stereocenters. The van der Waals surface area contributed by atoms with Gasteiger partial charge in [-0.05, 0) is 24.4 Å². The Kier molecular flexibility index (Phi) is 3.08. The highest BCUT2D eigenvalue weighted by Gasteiger charge is 2.25. The number of carbonyl (C=O) groups is 2. The van der Waals surface area contributed by atoms with Crippen LogP contribution in [0.25, 0.3) is 0 Å². The first-order valence-corrected chi connectivity index (χ1v) is 4.77. The van der Waals surface area contributed by atoms with Crippen molar-refractivity contribution >= 4 is 28.3 Å². The van der Waals surface area contributed by atoms with Gasteiger partial charge in [-0.15, -0.1) is 11.3 Å². The van der Waals surface area contributed by atoms with E-state index in [0.717, 1.165) is 4.90 Å². The number of nitrogens with zero attached hydrogens (tertiary/aromatic N) is 1. The lowest BCUT2D eigenvalue weighted by Gasteiger charge is -2.22. The molecule has 0 radical (unpaired) electrons. The monoisotopic (exact) mass is 214 g/mol. The van der Waals surface area contributed by atoms with Crippen LogP contribution in [0.3, 0.4) is 0 Å². The van der Waals surface area contributed by atoms with Crippen molar-refractivity contribution in [3.8, 4) is 0 Å². The molecular formula is C8H10N2O3S. The molecule has 0 spiro atoms. The van der Waals surface area contributed by atoms with Crippen molar-refractivity contribution in [1.29, 1.82) is 0 Å². The van der Waals surface area contributed by atoms with E-state index in [1.165, 1.54) is 18.3 Å². The second kappa shape index (κ2) is 4.10. The molecule has 1 aromatic heterocycles. The first-order chi connectivity index (χ1) is 6.54. The topological polar surface area (TPSA) is 83.6 Å². The van der Waals surface area contributed by atoms with Crippen LogP contribution in [0, 0.1) is 0 Å². The molecule has 0 saturated heterocycles. The van der Waals surface area contributed by atoms with Crippen molar-refractivity contribution < 1.29 is 14.7 Å². The number of carboxylic acids is 1. The van der Waals surface area contributed by atoms with E-state index in [0.29, 0.717) is 5.00 Å². The number of anilines is 1. The third kappa shape index (κ3) is 2.02. The standard InChI is InChI=1S/C8H10N2O3S/c1-5(7(11)12)10(8(9)13)6-3-2-4-14-6/h2-5H,1H3,(H2,9,13)(H,11,12)/t5-/m0/s1. The van der Waals surface area contributed by atoms with E-state index in [1.54, 1.807) is 17.5 Å². The molecule has 0 bridgehead atoms. The molecule has 0 aromatic carbocycles. The first kappa shape index (κ1) is 10.5. The minimum atomic E-state index is -1.09. The number of rotatable bonds is 3. The average molecular weight is 214 g/mol. The number of hydrogen-bond acceptors (Lipinski definition) is 3. The molecule has 6 heteroatoms. The predicted molar refractivity (Wildman–Crippen MR) is 53.5 cm³/mol. The van der Waals surface area contributed by atoms with Crippen LogP contribution in [-0.2, 0) is 4.79 Å². The number of carbonyl (C=O) groups excluding carboxylic acids is 1. The lowest BCUT2D eigenvalue weighted by molar-refractivity contribution is -0.138. The van der Waals surface area contributed by atoms with Crippen LogP contribution < -0.4 is 10.6 Å². The zero-order chi connectivity index (χ0) is 10.7. The van der Waals surface area contributed by atoms with Crippen molar-refractivity contribution in [2.45, 2.75) is 13.0 Å². The fourth-order valence-corrected chi connectivity index (χ4v) is 1.82. The molecule has 14 heavy (non-hydrogen) atoms. The molecule has 0 saturated carbocycles. The molecule has 0 unspecified atom stereocenters. The smallest absolute Gasteiger partial charge is 0.326 e. The molecule has 0 fully saturated rings. The van der Waals surface area contributed by atoms with Crippen molar-refractivity contribution in [1.82, 2.24) is 0 Å². The van der Waals surface area contributed by atoms with Gasteiger partial charge in [0.25, 0.3) is 0 Å². The Bertz CT molecular complexity index is 336. The van der Waals surface area contributed by atoms with E-state index in [9.17, 15) is 9.59 Å². The van der Waals surface area contributed by atoms with E-state index in [-0.39, 0.29) is 0 Å². The lowest BCUT2D eigenvalue weighted by Crippen LogP contribution is -2.46. The average Bonchev–Trinajstić information content (AvgIpc) is 2.56. The second-order valence-electron chi connectivity index (χ2n) is 2.67. The van der Waals surface area contributed by atoms with E-state index in [2.05, 4.69) is 0 Å². The summed E-state index contributed by atoms with van der Waals surface area (Å²) in [6.07, 6.45) is 0. The zero-order valence-corrected chi connectivity index (χ0v) is 8.32. The molecule has 1 rings (SSSR count). The van der Waals surface area contributed by atoms with Gasteiger partial charge in [-0.1, -0.05) is 0 Å². The molecule has 0 aliphatic rings. The van der Waals surface area contributed by atoms with E-state index >= 15 is 0 Å². The normalized spacial score (nSPS) is 12.1. The molecule has 1 aromatic rings. The first-order valence-electron chi connectivity index (χ1n) is 3.89. The molecule has 0 aliphatic carbocycles. The van der Waals surface area contributed by atoms with Crippen LogP contribution >= 0.6 is 11.3 Å². The van der Waals surface area contributed by atoms with Gasteiger partial charge in [0.05, 0.1) is 5.00 Å². The van der Waals surface area contributed by atoms with E-state index in [4.69, 9.17) is 10.8 Å². The van der Waals surface area contributed by atoms with Gasteiger partial charge >= 0.3 is 12.0 Å². The largest absolute Gasteiger partial charge is 0.480 e. The number of hydrogen-bond donors (Lipinski definition) is 2. The fourth-order valence-electron chi connectivity index (χ4n) is 1.01. The Morgan fingerprint density at radius 3 is 2.64 bits per heavy atom. The maximum absolute atomic E-state index is 11.0. The number of nitrogens with two attached hydrogens (primary N) is 1. The van der Waals surface area contributed by atoms with Crippen LogP contribution in [0.1, 0.15) is 6.92 Å².